The zero-order chi connectivity index (χ0) is 26.2. The minimum Gasteiger partial charge on any atom is -0.438 e. The number of carbonyl (C=O) groups excluding carboxylic acids is 1. The van der Waals surface area contributed by atoms with Crippen LogP contribution in [0.1, 0.15) is 35.2 Å². The van der Waals surface area contributed by atoms with Crippen LogP contribution in [0.2, 0.25) is 0 Å². The molecule has 1 aliphatic carbocycles. The number of nitrogens with one attached hydrogen (secondary N) is 2. The van der Waals surface area contributed by atoms with Crippen molar-refractivity contribution in [3.63, 3.8) is 0 Å². The van der Waals surface area contributed by atoms with Gasteiger partial charge in [-0.15, -0.1) is 5.10 Å². The van der Waals surface area contributed by atoms with Gasteiger partial charge in [-0.25, -0.2) is 13.9 Å². The van der Waals surface area contributed by atoms with Crippen LogP contribution in [0.15, 0.2) is 54.7 Å². The molecule has 2 aromatic carbocycles. The number of aromatic nitrogens is 3. The number of imidazole rings is 1. The summed E-state index contributed by atoms with van der Waals surface area (Å²) in [5.74, 6) is -0.191. The van der Waals surface area contributed by atoms with E-state index in [0.29, 0.717) is 33.9 Å². The van der Waals surface area contributed by atoms with E-state index in [-0.39, 0.29) is 24.4 Å². The first-order valence-electron chi connectivity index (χ1n) is 11.7. The zero-order valence-electron chi connectivity index (χ0n) is 19.8. The third kappa shape index (κ3) is 5.82. The second kappa shape index (κ2) is 9.72. The number of nitrogens with zero attached hydrogens (tertiary/aromatic N) is 3. The van der Waals surface area contributed by atoms with Gasteiger partial charge in [0.05, 0.1) is 24.0 Å². The first kappa shape index (κ1) is 24.5. The van der Waals surface area contributed by atoms with E-state index in [4.69, 9.17) is 4.74 Å². The summed E-state index contributed by atoms with van der Waals surface area (Å²) in [5, 5.41) is 10.2. The normalized spacial score (nSPS) is 13.5. The molecule has 0 bridgehead atoms. The lowest BCUT2D eigenvalue weighted by Gasteiger charge is -2.13. The number of anilines is 1. The smallest absolute Gasteiger partial charge is 0.390 e. The maximum absolute atomic E-state index is 13.3. The predicted molar refractivity (Wildman–Crippen MR) is 129 cm³/mol. The Hall–Kier alpha value is -4.15. The Balaban J connectivity index is 1.50. The van der Waals surface area contributed by atoms with Gasteiger partial charge in [0, 0.05) is 29.8 Å². The molecule has 2 aromatic heterocycles. The first-order valence-corrected chi connectivity index (χ1v) is 11.7. The molecule has 0 aliphatic heterocycles. The fourth-order valence-corrected chi connectivity index (χ4v) is 3.85. The van der Waals surface area contributed by atoms with Gasteiger partial charge in [0.1, 0.15) is 11.6 Å². The Labute approximate surface area is 209 Å². The van der Waals surface area contributed by atoms with E-state index in [1.807, 2.05) is 13.0 Å². The summed E-state index contributed by atoms with van der Waals surface area (Å²) < 4.78 is 58.8. The molecule has 5 rings (SSSR count). The van der Waals surface area contributed by atoms with Crippen molar-refractivity contribution in [2.24, 2.45) is 0 Å². The molecule has 192 valence electrons. The summed E-state index contributed by atoms with van der Waals surface area (Å²) in [7, 11) is 0. The van der Waals surface area contributed by atoms with E-state index in [1.165, 1.54) is 34.8 Å². The van der Waals surface area contributed by atoms with Gasteiger partial charge in [0.15, 0.2) is 5.65 Å². The van der Waals surface area contributed by atoms with Crippen LogP contribution in [0.5, 0.6) is 11.6 Å². The van der Waals surface area contributed by atoms with Crippen molar-refractivity contribution in [3.05, 3.63) is 71.7 Å². The van der Waals surface area contributed by atoms with Crippen molar-refractivity contribution < 1.29 is 27.1 Å². The van der Waals surface area contributed by atoms with Crippen LogP contribution in [0.4, 0.5) is 23.2 Å². The summed E-state index contributed by atoms with van der Waals surface area (Å²) in [6, 6.07) is 12.3. The standard InChI is InChI=1S/C26H23F4N5O2/c1-15-12-16(2-9-20(15)25(36)33-18-5-6-18)22-14-32-24-21(31-11-10-26(28,29)30)13-23(34-35(22)24)37-19-7-3-17(27)4-8-19/h2-4,7-9,12-14,18,31H,5-6,10-11H2,1H3,(H,33,36). The Kier molecular flexibility index (Phi) is 6.45. The lowest BCUT2D eigenvalue weighted by atomic mass is 10.0. The van der Waals surface area contributed by atoms with Crippen molar-refractivity contribution in [1.82, 2.24) is 19.9 Å². The van der Waals surface area contributed by atoms with Crippen LogP contribution >= 0.6 is 0 Å². The van der Waals surface area contributed by atoms with E-state index in [1.54, 1.807) is 18.3 Å². The second-order valence-corrected chi connectivity index (χ2v) is 8.90. The molecule has 1 amide bonds. The van der Waals surface area contributed by atoms with Crippen molar-refractivity contribution in [3.8, 4) is 22.9 Å². The average Bonchev–Trinajstić information content (AvgIpc) is 3.54. The van der Waals surface area contributed by atoms with Gasteiger partial charge in [-0.3, -0.25) is 4.79 Å². The lowest BCUT2D eigenvalue weighted by Crippen LogP contribution is -2.26. The van der Waals surface area contributed by atoms with Crippen molar-refractivity contribution >= 4 is 17.2 Å². The van der Waals surface area contributed by atoms with Gasteiger partial charge in [-0.2, -0.15) is 13.2 Å². The third-order valence-corrected chi connectivity index (χ3v) is 5.88. The molecule has 1 fully saturated rings. The number of hydrogen-bond donors (Lipinski definition) is 2. The molecule has 0 spiro atoms. The zero-order valence-corrected chi connectivity index (χ0v) is 19.8. The summed E-state index contributed by atoms with van der Waals surface area (Å²) in [6.07, 6.45) is -1.84. The second-order valence-electron chi connectivity index (χ2n) is 8.90. The van der Waals surface area contributed by atoms with Crippen LogP contribution in [-0.4, -0.2) is 39.3 Å². The fourth-order valence-electron chi connectivity index (χ4n) is 3.85. The molecule has 1 aliphatic rings. The Bertz CT molecular complexity index is 1450. The number of fused-ring (bicyclic) bond motifs is 1. The number of benzene rings is 2. The molecule has 4 aromatic rings. The fraction of sp³-hybridized carbons (Fsp3) is 0.269. The van der Waals surface area contributed by atoms with Gasteiger partial charge in [0.25, 0.3) is 5.91 Å². The Morgan fingerprint density at radius 1 is 1.14 bits per heavy atom. The first-order chi connectivity index (χ1) is 17.7. The lowest BCUT2D eigenvalue weighted by molar-refractivity contribution is -0.131. The number of carbonyl (C=O) groups is 1. The molecule has 11 heteroatoms. The molecule has 2 N–H and O–H groups in total. The molecule has 0 unspecified atom stereocenters. The van der Waals surface area contributed by atoms with Crippen LogP contribution in [-0.2, 0) is 0 Å². The van der Waals surface area contributed by atoms with Crippen LogP contribution in [0.3, 0.4) is 0 Å². The van der Waals surface area contributed by atoms with E-state index in [0.717, 1.165) is 18.4 Å². The number of halogens is 4. The molecule has 1 saturated carbocycles. The highest BCUT2D eigenvalue weighted by Gasteiger charge is 2.27. The quantitative estimate of drug-likeness (QED) is 0.287. The van der Waals surface area contributed by atoms with Crippen molar-refractivity contribution in [2.45, 2.75) is 38.4 Å². The predicted octanol–water partition coefficient (Wildman–Crippen LogP) is 5.89. The van der Waals surface area contributed by atoms with Gasteiger partial charge < -0.3 is 15.4 Å². The average molecular weight is 513 g/mol. The maximum atomic E-state index is 13.3. The van der Waals surface area contributed by atoms with Crippen LogP contribution in [0, 0.1) is 12.7 Å². The number of aryl methyl sites for hydroxylation is 1. The van der Waals surface area contributed by atoms with E-state index in [2.05, 4.69) is 20.7 Å². The number of ether oxygens (including phenoxy) is 1. The topological polar surface area (TPSA) is 80.6 Å². The molecule has 0 radical (unpaired) electrons. The molecule has 2 heterocycles. The highest BCUT2D eigenvalue weighted by Crippen LogP contribution is 2.30. The molecule has 0 atom stereocenters. The van der Waals surface area contributed by atoms with E-state index >= 15 is 0 Å². The summed E-state index contributed by atoms with van der Waals surface area (Å²) in [6.45, 7) is 1.46. The summed E-state index contributed by atoms with van der Waals surface area (Å²) in [5.41, 5.74) is 3.17. The largest absolute Gasteiger partial charge is 0.438 e. The highest BCUT2D eigenvalue weighted by molar-refractivity contribution is 5.96. The SMILES string of the molecule is Cc1cc(-c2cnc3c(NCCC(F)(F)F)cc(Oc4ccc(F)cc4)nn23)ccc1C(=O)NC1CC1. The van der Waals surface area contributed by atoms with Crippen LogP contribution < -0.4 is 15.4 Å². The van der Waals surface area contributed by atoms with Gasteiger partial charge >= 0.3 is 6.18 Å². The summed E-state index contributed by atoms with van der Waals surface area (Å²) >= 11 is 0. The maximum Gasteiger partial charge on any atom is 0.390 e. The van der Waals surface area contributed by atoms with Crippen molar-refractivity contribution in [1.29, 1.82) is 0 Å². The molecular weight excluding hydrogens is 490 g/mol. The van der Waals surface area contributed by atoms with Gasteiger partial charge in [-0.1, -0.05) is 6.07 Å². The number of amides is 1. The van der Waals surface area contributed by atoms with E-state index in [9.17, 15) is 22.4 Å². The van der Waals surface area contributed by atoms with Gasteiger partial charge in [-0.05, 0) is 61.7 Å². The van der Waals surface area contributed by atoms with Crippen molar-refractivity contribution in [2.75, 3.05) is 11.9 Å². The molecule has 37 heavy (non-hydrogen) atoms. The Morgan fingerprint density at radius 2 is 1.89 bits per heavy atom. The summed E-state index contributed by atoms with van der Waals surface area (Å²) in [4.78, 5) is 16.9. The minimum absolute atomic E-state index is 0.0741. The number of alkyl halides is 3. The van der Waals surface area contributed by atoms with Gasteiger partial charge in [0.2, 0.25) is 5.88 Å². The molecule has 7 nitrogen and oxygen atoms in total. The third-order valence-electron chi connectivity index (χ3n) is 5.88. The number of rotatable bonds is 8. The Morgan fingerprint density at radius 3 is 2.57 bits per heavy atom. The van der Waals surface area contributed by atoms with E-state index < -0.39 is 18.4 Å². The minimum atomic E-state index is -4.32. The van der Waals surface area contributed by atoms with Crippen LogP contribution in [0.25, 0.3) is 16.9 Å². The monoisotopic (exact) mass is 513 g/mol. The number of hydrogen-bond acceptors (Lipinski definition) is 5. The molecular formula is C26H23F4N5O2. The molecule has 0 saturated heterocycles. The highest BCUT2D eigenvalue weighted by atomic mass is 19.4.